The summed E-state index contributed by atoms with van der Waals surface area (Å²) in [6.07, 6.45) is 0. The Hall–Kier alpha value is -4.46. The van der Waals surface area contributed by atoms with E-state index < -0.39 is 0 Å². The molecule has 0 bridgehead atoms. The van der Waals surface area contributed by atoms with Crippen LogP contribution in [0.25, 0.3) is 74.7 Å². The second-order valence-electron chi connectivity index (χ2n) is 9.63. The molecule has 0 amide bonds. The van der Waals surface area contributed by atoms with Gasteiger partial charge in [-0.05, 0) is 78.8 Å². The van der Waals surface area contributed by atoms with Crippen molar-refractivity contribution in [1.29, 1.82) is 0 Å². The van der Waals surface area contributed by atoms with Crippen molar-refractivity contribution in [2.24, 2.45) is 0 Å². The Labute approximate surface area is 220 Å². The van der Waals surface area contributed by atoms with Crippen molar-refractivity contribution < 1.29 is 1.37 Å². The summed E-state index contributed by atoms with van der Waals surface area (Å²) in [5.74, 6) is 0. The van der Waals surface area contributed by atoms with Gasteiger partial charge >= 0.3 is 0 Å². The summed E-state index contributed by atoms with van der Waals surface area (Å²) in [7, 11) is 0. The summed E-state index contributed by atoms with van der Waals surface area (Å²) in [6.45, 7) is 0. The van der Waals surface area contributed by atoms with Gasteiger partial charge in [-0.1, -0.05) is 109 Å². The van der Waals surface area contributed by atoms with Gasteiger partial charge in [0.1, 0.15) is 0 Å². The Kier molecular flexibility index (Phi) is 4.27. The van der Waals surface area contributed by atoms with Crippen LogP contribution in [0, 0.1) is 0 Å². The van der Waals surface area contributed by atoms with Gasteiger partial charge in [0.05, 0.1) is 1.37 Å². The van der Waals surface area contributed by atoms with Crippen molar-refractivity contribution in [3.63, 3.8) is 0 Å². The van der Waals surface area contributed by atoms with Crippen LogP contribution in [0.3, 0.4) is 0 Å². The van der Waals surface area contributed by atoms with E-state index in [1.165, 1.54) is 70.0 Å². The minimum Gasteiger partial charge on any atom is -0.135 e. The molecule has 37 heavy (non-hydrogen) atoms. The van der Waals surface area contributed by atoms with Crippen LogP contribution in [0.5, 0.6) is 0 Å². The monoisotopic (exact) mass is 487 g/mol. The number of hydrogen-bond donors (Lipinski definition) is 0. The second kappa shape index (κ2) is 8.03. The Balaban J connectivity index is 1.48. The molecular weight excluding hydrogens is 464 g/mol. The number of benzene rings is 7. The zero-order valence-corrected chi connectivity index (χ0v) is 20.8. The molecule has 172 valence electrons. The van der Waals surface area contributed by atoms with Crippen LogP contribution in [0.1, 0.15) is 1.37 Å². The largest absolute Gasteiger partial charge is 0.135 e. The first-order valence-electron chi connectivity index (χ1n) is 13.1. The third-order valence-electron chi connectivity index (χ3n) is 7.56. The standard InChI is InChI=1S/C36H22S/c1-2-10-24-21-25(18-17-23(24)9-1)35-28-12-3-5-14-30(28)36(31-15-6-4-13-29(31)35)26-19-20-34-32(22-26)27-11-7-8-16-33(27)37-34/h1-22H/i16D. The lowest BCUT2D eigenvalue weighted by atomic mass is 9.85. The summed E-state index contributed by atoms with van der Waals surface area (Å²) < 4.78 is 10.7. The molecule has 0 nitrogen and oxygen atoms in total. The molecule has 1 heterocycles. The molecule has 0 radical (unpaired) electrons. The fraction of sp³-hybridized carbons (Fsp3) is 0. The van der Waals surface area contributed by atoms with Crippen molar-refractivity contribution in [3.05, 3.63) is 133 Å². The normalized spacial score (nSPS) is 12.2. The van der Waals surface area contributed by atoms with E-state index in [2.05, 4.69) is 115 Å². The molecule has 0 aliphatic rings. The highest BCUT2D eigenvalue weighted by atomic mass is 32.1. The molecule has 0 fully saturated rings. The summed E-state index contributed by atoms with van der Waals surface area (Å²) in [5.41, 5.74) is 5.01. The molecule has 0 aliphatic heterocycles. The summed E-state index contributed by atoms with van der Waals surface area (Å²) >= 11 is 1.71. The van der Waals surface area contributed by atoms with Gasteiger partial charge in [-0.2, -0.15) is 0 Å². The van der Waals surface area contributed by atoms with E-state index >= 15 is 0 Å². The van der Waals surface area contributed by atoms with E-state index in [1.54, 1.807) is 11.3 Å². The van der Waals surface area contributed by atoms with E-state index in [9.17, 15) is 0 Å². The molecule has 0 aliphatic carbocycles. The molecule has 0 unspecified atom stereocenters. The molecule has 8 rings (SSSR count). The summed E-state index contributed by atoms with van der Waals surface area (Å²) in [5, 5.41) is 9.95. The first-order chi connectivity index (χ1) is 18.8. The second-order valence-corrected chi connectivity index (χ2v) is 10.7. The van der Waals surface area contributed by atoms with E-state index in [4.69, 9.17) is 1.37 Å². The first kappa shape index (κ1) is 19.7. The van der Waals surface area contributed by atoms with E-state index in [1.807, 2.05) is 12.1 Å². The minimum atomic E-state index is 0.598. The Morgan fingerprint density at radius 3 is 1.65 bits per heavy atom. The zero-order valence-electron chi connectivity index (χ0n) is 21.0. The third kappa shape index (κ3) is 3.15. The smallest absolute Gasteiger partial charge is 0.0638 e. The first-order valence-corrected chi connectivity index (χ1v) is 13.4. The van der Waals surface area contributed by atoms with Gasteiger partial charge in [0, 0.05) is 20.2 Å². The fourth-order valence-corrected chi connectivity index (χ4v) is 6.96. The van der Waals surface area contributed by atoms with Gasteiger partial charge in [0.15, 0.2) is 0 Å². The average Bonchev–Trinajstić information content (AvgIpc) is 3.35. The van der Waals surface area contributed by atoms with E-state index in [-0.39, 0.29) is 0 Å². The molecule has 1 heteroatoms. The number of fused-ring (bicyclic) bond motifs is 6. The van der Waals surface area contributed by atoms with Crippen molar-refractivity contribution in [3.8, 4) is 22.3 Å². The fourth-order valence-electron chi connectivity index (χ4n) is 5.91. The Morgan fingerprint density at radius 2 is 0.946 bits per heavy atom. The molecule has 0 saturated carbocycles. The van der Waals surface area contributed by atoms with Crippen molar-refractivity contribution >= 4 is 63.8 Å². The van der Waals surface area contributed by atoms with Gasteiger partial charge in [-0.3, -0.25) is 0 Å². The molecular formula is C36H22S. The molecule has 1 aromatic heterocycles. The zero-order chi connectivity index (χ0) is 25.2. The number of rotatable bonds is 2. The lowest BCUT2D eigenvalue weighted by molar-refractivity contribution is 1.69. The van der Waals surface area contributed by atoms with Crippen LogP contribution < -0.4 is 0 Å². The Bertz CT molecular complexity index is 2150. The van der Waals surface area contributed by atoms with Gasteiger partial charge < -0.3 is 0 Å². The van der Waals surface area contributed by atoms with Gasteiger partial charge in [-0.15, -0.1) is 11.3 Å². The lowest BCUT2D eigenvalue weighted by Gasteiger charge is -2.18. The highest BCUT2D eigenvalue weighted by Gasteiger charge is 2.17. The quantitative estimate of drug-likeness (QED) is 0.213. The van der Waals surface area contributed by atoms with Crippen LogP contribution in [0.15, 0.2) is 133 Å². The van der Waals surface area contributed by atoms with Crippen LogP contribution >= 0.6 is 11.3 Å². The minimum absolute atomic E-state index is 0.598. The van der Waals surface area contributed by atoms with Gasteiger partial charge in [0.25, 0.3) is 0 Å². The van der Waals surface area contributed by atoms with E-state index in [0.29, 0.717) is 6.04 Å². The molecule has 7 aromatic carbocycles. The lowest BCUT2D eigenvalue weighted by Crippen LogP contribution is -1.91. The molecule has 0 spiro atoms. The highest BCUT2D eigenvalue weighted by Crippen LogP contribution is 2.45. The highest BCUT2D eigenvalue weighted by molar-refractivity contribution is 7.25. The van der Waals surface area contributed by atoms with Gasteiger partial charge in [0.2, 0.25) is 0 Å². The van der Waals surface area contributed by atoms with Crippen LogP contribution in [-0.4, -0.2) is 0 Å². The third-order valence-corrected chi connectivity index (χ3v) is 8.68. The SMILES string of the molecule is [2H]c1cccc2c1sc1ccc(-c3c4ccccc4c(-c4ccc5ccccc5c4)c4ccccc34)cc12. The van der Waals surface area contributed by atoms with Crippen molar-refractivity contribution in [2.75, 3.05) is 0 Å². The molecule has 0 N–H and O–H groups in total. The predicted molar refractivity (Wildman–Crippen MR) is 163 cm³/mol. The van der Waals surface area contributed by atoms with Crippen molar-refractivity contribution in [1.82, 2.24) is 0 Å². The summed E-state index contributed by atoms with van der Waals surface area (Å²) in [4.78, 5) is 0. The molecule has 8 aromatic rings. The van der Waals surface area contributed by atoms with Crippen LogP contribution in [-0.2, 0) is 0 Å². The molecule has 0 atom stereocenters. The maximum atomic E-state index is 8.40. The van der Waals surface area contributed by atoms with Crippen molar-refractivity contribution in [2.45, 2.75) is 0 Å². The maximum Gasteiger partial charge on any atom is 0.0638 e. The predicted octanol–water partition coefficient (Wildman–Crippen LogP) is 10.8. The summed E-state index contributed by atoms with van der Waals surface area (Å²) in [6, 6.07) is 46.5. The molecule has 0 saturated heterocycles. The van der Waals surface area contributed by atoms with Crippen LogP contribution in [0.4, 0.5) is 0 Å². The van der Waals surface area contributed by atoms with E-state index in [0.717, 1.165) is 4.70 Å². The van der Waals surface area contributed by atoms with Crippen LogP contribution in [0.2, 0.25) is 0 Å². The maximum absolute atomic E-state index is 8.40. The average molecular weight is 488 g/mol. The number of hydrogen-bond acceptors (Lipinski definition) is 1. The van der Waals surface area contributed by atoms with Gasteiger partial charge in [-0.25, -0.2) is 0 Å². The Morgan fingerprint density at radius 1 is 0.405 bits per heavy atom. The number of thiophene rings is 1. The topological polar surface area (TPSA) is 0 Å².